The maximum absolute atomic E-state index is 12.4. The number of rotatable bonds is 4. The lowest BCUT2D eigenvalue weighted by molar-refractivity contribution is 0.0951. The molecule has 4 heteroatoms. The lowest BCUT2D eigenvalue weighted by Crippen LogP contribution is -2.38. The summed E-state index contributed by atoms with van der Waals surface area (Å²) in [6.07, 6.45) is 8.95. The summed E-state index contributed by atoms with van der Waals surface area (Å²) in [6, 6.07) is 7.92. The van der Waals surface area contributed by atoms with Crippen LogP contribution in [0.3, 0.4) is 0 Å². The second kappa shape index (κ2) is 5.52. The van der Waals surface area contributed by atoms with Crippen molar-refractivity contribution in [1.82, 2.24) is 10.3 Å². The quantitative estimate of drug-likeness (QED) is 0.903. The summed E-state index contributed by atoms with van der Waals surface area (Å²) < 4.78 is 0.252. The van der Waals surface area contributed by atoms with Crippen LogP contribution in [-0.2, 0) is 0 Å². The molecule has 3 rings (SSSR count). The Kier molecular flexibility index (Phi) is 3.74. The Labute approximate surface area is 123 Å². The van der Waals surface area contributed by atoms with Gasteiger partial charge in [-0.3, -0.25) is 4.79 Å². The maximum atomic E-state index is 12.4. The molecule has 0 unspecified atom stereocenters. The highest BCUT2D eigenvalue weighted by molar-refractivity contribution is 8.00. The molecule has 2 aromatic rings. The Morgan fingerprint density at radius 2 is 2.10 bits per heavy atom. The standard InChI is InChI=1S/C16H20N2OS/c1-20-16(8-4-5-9-16)11-18-15(19)13-10-17-14-7-3-2-6-12(13)14/h2-3,6-7,10,17H,4-5,8-9,11H2,1H3,(H,18,19). The van der Waals surface area contributed by atoms with Gasteiger partial charge in [0.25, 0.3) is 5.91 Å². The molecule has 1 fully saturated rings. The predicted octanol–water partition coefficient (Wildman–Crippen LogP) is 3.57. The van der Waals surface area contributed by atoms with Crippen molar-refractivity contribution in [2.45, 2.75) is 30.4 Å². The molecule has 0 saturated heterocycles. The topological polar surface area (TPSA) is 44.9 Å². The van der Waals surface area contributed by atoms with Crippen molar-refractivity contribution in [2.24, 2.45) is 0 Å². The molecule has 1 aromatic carbocycles. The third kappa shape index (κ3) is 2.44. The SMILES string of the molecule is CSC1(CNC(=O)c2c[nH]c3ccccc23)CCCC1. The van der Waals surface area contributed by atoms with Crippen LogP contribution in [0.2, 0.25) is 0 Å². The van der Waals surface area contributed by atoms with Gasteiger partial charge >= 0.3 is 0 Å². The van der Waals surface area contributed by atoms with Crippen LogP contribution in [0.1, 0.15) is 36.0 Å². The van der Waals surface area contributed by atoms with E-state index in [1.807, 2.05) is 36.0 Å². The number of carbonyl (C=O) groups excluding carboxylic acids is 1. The first-order valence-electron chi connectivity index (χ1n) is 7.14. The molecule has 1 aromatic heterocycles. The molecule has 1 aliphatic carbocycles. The lowest BCUT2D eigenvalue weighted by atomic mass is 10.1. The van der Waals surface area contributed by atoms with E-state index in [-0.39, 0.29) is 10.7 Å². The number of H-pyrrole nitrogens is 1. The monoisotopic (exact) mass is 288 g/mol. The zero-order chi connectivity index (χ0) is 14.0. The number of thioether (sulfide) groups is 1. The Morgan fingerprint density at radius 3 is 2.85 bits per heavy atom. The highest BCUT2D eigenvalue weighted by atomic mass is 32.2. The van der Waals surface area contributed by atoms with E-state index >= 15 is 0 Å². The number of hydrogen-bond acceptors (Lipinski definition) is 2. The molecule has 1 amide bonds. The highest BCUT2D eigenvalue weighted by Gasteiger charge is 2.33. The molecule has 1 aliphatic rings. The fraction of sp³-hybridized carbons (Fsp3) is 0.438. The molecule has 1 heterocycles. The smallest absolute Gasteiger partial charge is 0.253 e. The van der Waals surface area contributed by atoms with Crippen LogP contribution in [0, 0.1) is 0 Å². The fourth-order valence-electron chi connectivity index (χ4n) is 3.07. The molecule has 0 aliphatic heterocycles. The highest BCUT2D eigenvalue weighted by Crippen LogP contribution is 2.39. The zero-order valence-corrected chi connectivity index (χ0v) is 12.6. The molecule has 0 bridgehead atoms. The van der Waals surface area contributed by atoms with Crippen molar-refractivity contribution in [2.75, 3.05) is 12.8 Å². The molecule has 3 nitrogen and oxygen atoms in total. The summed E-state index contributed by atoms with van der Waals surface area (Å²) in [5.41, 5.74) is 1.76. The Balaban J connectivity index is 1.73. The van der Waals surface area contributed by atoms with Gasteiger partial charge in [0.05, 0.1) is 5.56 Å². The Morgan fingerprint density at radius 1 is 1.35 bits per heavy atom. The summed E-state index contributed by atoms with van der Waals surface area (Å²) >= 11 is 1.90. The first-order chi connectivity index (χ1) is 9.74. The molecule has 2 N–H and O–H groups in total. The van der Waals surface area contributed by atoms with Crippen LogP contribution >= 0.6 is 11.8 Å². The Bertz CT molecular complexity index is 614. The van der Waals surface area contributed by atoms with Gasteiger partial charge in [0.1, 0.15) is 0 Å². The van der Waals surface area contributed by atoms with Crippen LogP contribution in [0.25, 0.3) is 10.9 Å². The third-order valence-corrected chi connectivity index (χ3v) is 5.77. The molecular formula is C16H20N2OS. The summed E-state index contributed by atoms with van der Waals surface area (Å²) in [5.74, 6) is 0.0303. The second-order valence-electron chi connectivity index (χ2n) is 5.52. The molecule has 0 atom stereocenters. The number of nitrogens with one attached hydrogen (secondary N) is 2. The number of aromatic amines is 1. The number of para-hydroxylation sites is 1. The molecule has 106 valence electrons. The van der Waals surface area contributed by atoms with Crippen molar-refractivity contribution in [3.63, 3.8) is 0 Å². The van der Waals surface area contributed by atoms with Crippen molar-refractivity contribution in [1.29, 1.82) is 0 Å². The molecular weight excluding hydrogens is 268 g/mol. The van der Waals surface area contributed by atoms with Crippen LogP contribution in [0.5, 0.6) is 0 Å². The van der Waals surface area contributed by atoms with Crippen molar-refractivity contribution in [3.05, 3.63) is 36.0 Å². The van der Waals surface area contributed by atoms with Gasteiger partial charge in [-0.05, 0) is 25.2 Å². The van der Waals surface area contributed by atoms with E-state index in [0.717, 1.165) is 23.0 Å². The van der Waals surface area contributed by atoms with Crippen molar-refractivity contribution >= 4 is 28.6 Å². The summed E-state index contributed by atoms with van der Waals surface area (Å²) in [6.45, 7) is 0.770. The number of fused-ring (bicyclic) bond motifs is 1. The molecule has 20 heavy (non-hydrogen) atoms. The van der Waals surface area contributed by atoms with E-state index in [2.05, 4.69) is 16.6 Å². The minimum Gasteiger partial charge on any atom is -0.360 e. The van der Waals surface area contributed by atoms with Gasteiger partial charge in [0.2, 0.25) is 0 Å². The van der Waals surface area contributed by atoms with E-state index in [9.17, 15) is 4.79 Å². The number of aromatic nitrogens is 1. The summed E-state index contributed by atoms with van der Waals surface area (Å²) in [4.78, 5) is 15.5. The summed E-state index contributed by atoms with van der Waals surface area (Å²) in [5, 5.41) is 4.13. The van der Waals surface area contributed by atoms with Gasteiger partial charge in [-0.2, -0.15) is 11.8 Å². The largest absolute Gasteiger partial charge is 0.360 e. The van der Waals surface area contributed by atoms with Gasteiger partial charge in [-0.25, -0.2) is 0 Å². The van der Waals surface area contributed by atoms with Gasteiger partial charge in [-0.1, -0.05) is 31.0 Å². The maximum Gasteiger partial charge on any atom is 0.253 e. The van der Waals surface area contributed by atoms with Crippen LogP contribution in [-0.4, -0.2) is 28.4 Å². The average molecular weight is 288 g/mol. The van der Waals surface area contributed by atoms with Gasteiger partial charge in [-0.15, -0.1) is 0 Å². The molecule has 0 radical (unpaired) electrons. The minimum atomic E-state index is 0.0303. The zero-order valence-electron chi connectivity index (χ0n) is 11.7. The van der Waals surface area contributed by atoms with Crippen molar-refractivity contribution < 1.29 is 4.79 Å². The van der Waals surface area contributed by atoms with Gasteiger partial charge in [0, 0.05) is 28.4 Å². The normalized spacial score (nSPS) is 17.4. The number of hydrogen-bond donors (Lipinski definition) is 2. The van der Waals surface area contributed by atoms with E-state index < -0.39 is 0 Å². The van der Waals surface area contributed by atoms with E-state index in [1.165, 1.54) is 25.7 Å². The fourth-order valence-corrected chi connectivity index (χ4v) is 3.98. The third-order valence-electron chi connectivity index (χ3n) is 4.35. The number of carbonyl (C=O) groups is 1. The number of benzene rings is 1. The predicted molar refractivity (Wildman–Crippen MR) is 85.3 cm³/mol. The molecule has 0 spiro atoms. The first kappa shape index (κ1) is 13.6. The minimum absolute atomic E-state index is 0.0303. The van der Waals surface area contributed by atoms with E-state index in [4.69, 9.17) is 0 Å². The van der Waals surface area contributed by atoms with Gasteiger partial charge < -0.3 is 10.3 Å². The number of amides is 1. The Hall–Kier alpha value is -1.42. The molecule has 1 saturated carbocycles. The van der Waals surface area contributed by atoms with Crippen LogP contribution < -0.4 is 5.32 Å². The van der Waals surface area contributed by atoms with Gasteiger partial charge in [0.15, 0.2) is 0 Å². The average Bonchev–Trinajstić information content (AvgIpc) is 3.12. The summed E-state index contributed by atoms with van der Waals surface area (Å²) in [7, 11) is 0. The second-order valence-corrected chi connectivity index (χ2v) is 6.80. The van der Waals surface area contributed by atoms with Crippen LogP contribution in [0.15, 0.2) is 30.5 Å². The first-order valence-corrected chi connectivity index (χ1v) is 8.36. The lowest BCUT2D eigenvalue weighted by Gasteiger charge is -2.26. The van der Waals surface area contributed by atoms with Crippen LogP contribution in [0.4, 0.5) is 0 Å². The van der Waals surface area contributed by atoms with Crippen molar-refractivity contribution in [3.8, 4) is 0 Å². The van der Waals surface area contributed by atoms with E-state index in [1.54, 1.807) is 6.20 Å². The van der Waals surface area contributed by atoms with E-state index in [0.29, 0.717) is 0 Å².